The van der Waals surface area contributed by atoms with Crippen LogP contribution in [-0.2, 0) is 4.79 Å². The first kappa shape index (κ1) is 21.9. The van der Waals surface area contributed by atoms with Crippen LogP contribution in [-0.4, -0.2) is 17.1 Å². The summed E-state index contributed by atoms with van der Waals surface area (Å²) in [6.45, 7) is 5.84. The van der Waals surface area contributed by atoms with Crippen LogP contribution in [0.25, 0.3) is 0 Å². The van der Waals surface area contributed by atoms with E-state index in [9.17, 15) is 9.59 Å². The number of rotatable bonds is 6. The van der Waals surface area contributed by atoms with Crippen LogP contribution in [0.15, 0.2) is 71.6 Å². The van der Waals surface area contributed by atoms with E-state index in [2.05, 4.69) is 10.6 Å². The molecule has 4 nitrogen and oxygen atoms in total. The fourth-order valence-electron chi connectivity index (χ4n) is 2.94. The number of carbonyl (C=O) groups excluding carboxylic acids is 2. The molecule has 0 aromatic heterocycles. The minimum atomic E-state index is -0.268. The van der Waals surface area contributed by atoms with E-state index in [-0.39, 0.29) is 17.1 Å². The van der Waals surface area contributed by atoms with Gasteiger partial charge in [0, 0.05) is 26.9 Å². The predicted molar refractivity (Wildman–Crippen MR) is 126 cm³/mol. The van der Waals surface area contributed by atoms with Crippen molar-refractivity contribution in [2.75, 3.05) is 10.6 Å². The average molecular weight is 439 g/mol. The molecular weight excluding hydrogens is 416 g/mol. The van der Waals surface area contributed by atoms with E-state index in [0.29, 0.717) is 16.3 Å². The van der Waals surface area contributed by atoms with Gasteiger partial charge in [0.25, 0.3) is 5.91 Å². The summed E-state index contributed by atoms with van der Waals surface area (Å²) in [7, 11) is 0. The van der Waals surface area contributed by atoms with E-state index in [1.54, 1.807) is 24.3 Å². The van der Waals surface area contributed by atoms with Crippen molar-refractivity contribution in [1.29, 1.82) is 0 Å². The lowest BCUT2D eigenvalue weighted by atomic mass is 10.1. The number of hydrogen-bond donors (Lipinski definition) is 2. The van der Waals surface area contributed by atoms with Crippen LogP contribution in [0.2, 0.25) is 5.02 Å². The number of nitrogens with one attached hydrogen (secondary N) is 2. The number of benzene rings is 3. The third-order valence-corrected chi connectivity index (χ3v) is 5.96. The van der Waals surface area contributed by atoms with Gasteiger partial charge >= 0.3 is 0 Å². The summed E-state index contributed by atoms with van der Waals surface area (Å²) < 4.78 is 0. The highest BCUT2D eigenvalue weighted by atomic mass is 35.5. The quantitative estimate of drug-likeness (QED) is 0.442. The zero-order chi connectivity index (χ0) is 21.7. The van der Waals surface area contributed by atoms with Gasteiger partial charge in [0.2, 0.25) is 5.91 Å². The number of aryl methyl sites for hydroxylation is 2. The van der Waals surface area contributed by atoms with Crippen molar-refractivity contribution in [1.82, 2.24) is 0 Å². The number of hydrogen-bond acceptors (Lipinski definition) is 3. The Morgan fingerprint density at radius 3 is 2.17 bits per heavy atom. The standard InChI is InChI=1S/C24H23ClN2O2S/c1-15-6-4-7-16(2)22(15)27-23(28)17(3)30-21-12-10-20(11-13-21)26-24(29)18-8-5-9-19(25)14-18/h4-14,17H,1-3H3,(H,26,29)(H,27,28). The highest BCUT2D eigenvalue weighted by molar-refractivity contribution is 8.00. The molecule has 0 saturated carbocycles. The van der Waals surface area contributed by atoms with Crippen LogP contribution in [0.5, 0.6) is 0 Å². The number of halogens is 1. The van der Waals surface area contributed by atoms with E-state index in [1.807, 2.05) is 63.2 Å². The molecule has 0 saturated heterocycles. The second-order valence-corrected chi connectivity index (χ2v) is 8.86. The lowest BCUT2D eigenvalue weighted by Gasteiger charge is -2.15. The zero-order valence-corrected chi connectivity index (χ0v) is 18.6. The van der Waals surface area contributed by atoms with Gasteiger partial charge in [-0.3, -0.25) is 9.59 Å². The van der Waals surface area contributed by atoms with Crippen molar-refractivity contribution in [2.24, 2.45) is 0 Å². The van der Waals surface area contributed by atoms with Crippen molar-refractivity contribution in [3.05, 3.63) is 88.4 Å². The Morgan fingerprint density at radius 2 is 1.53 bits per heavy atom. The van der Waals surface area contributed by atoms with Crippen molar-refractivity contribution in [3.8, 4) is 0 Å². The van der Waals surface area contributed by atoms with Crippen molar-refractivity contribution in [2.45, 2.75) is 30.9 Å². The van der Waals surface area contributed by atoms with Gasteiger partial charge < -0.3 is 10.6 Å². The smallest absolute Gasteiger partial charge is 0.255 e. The average Bonchev–Trinajstić information content (AvgIpc) is 2.72. The molecular formula is C24H23ClN2O2S. The van der Waals surface area contributed by atoms with Gasteiger partial charge in [-0.25, -0.2) is 0 Å². The highest BCUT2D eigenvalue weighted by Gasteiger charge is 2.16. The Hall–Kier alpha value is -2.76. The summed E-state index contributed by atoms with van der Waals surface area (Å²) in [5, 5.41) is 6.13. The van der Waals surface area contributed by atoms with Gasteiger partial charge in [-0.05, 0) is 74.4 Å². The fourth-order valence-corrected chi connectivity index (χ4v) is 4.00. The molecule has 3 aromatic rings. The molecule has 0 aliphatic carbocycles. The SMILES string of the molecule is Cc1cccc(C)c1NC(=O)C(C)Sc1ccc(NC(=O)c2cccc(Cl)c2)cc1. The Labute approximate surface area is 186 Å². The van der Waals surface area contributed by atoms with Crippen molar-refractivity contribution in [3.63, 3.8) is 0 Å². The molecule has 0 fully saturated rings. The van der Waals surface area contributed by atoms with E-state index >= 15 is 0 Å². The Balaban J connectivity index is 1.59. The van der Waals surface area contributed by atoms with E-state index in [0.717, 1.165) is 21.7 Å². The molecule has 2 N–H and O–H groups in total. The number of thioether (sulfide) groups is 1. The fraction of sp³-hybridized carbons (Fsp3) is 0.167. The predicted octanol–water partition coefficient (Wildman–Crippen LogP) is 6.33. The van der Waals surface area contributed by atoms with E-state index in [1.165, 1.54) is 11.8 Å². The zero-order valence-electron chi connectivity index (χ0n) is 17.0. The number of anilines is 2. The second-order valence-electron chi connectivity index (χ2n) is 7.00. The van der Waals surface area contributed by atoms with Gasteiger partial charge in [-0.15, -0.1) is 11.8 Å². The third-order valence-electron chi connectivity index (χ3n) is 4.61. The van der Waals surface area contributed by atoms with Crippen LogP contribution in [0.3, 0.4) is 0 Å². The maximum atomic E-state index is 12.6. The molecule has 6 heteroatoms. The molecule has 30 heavy (non-hydrogen) atoms. The first-order chi connectivity index (χ1) is 14.3. The maximum Gasteiger partial charge on any atom is 0.255 e. The summed E-state index contributed by atoms with van der Waals surface area (Å²) >= 11 is 7.41. The maximum absolute atomic E-state index is 12.6. The molecule has 3 rings (SSSR count). The van der Waals surface area contributed by atoms with Crippen LogP contribution in [0.1, 0.15) is 28.4 Å². The molecule has 1 atom stereocenters. The summed E-state index contributed by atoms with van der Waals surface area (Å²) in [5.41, 5.74) is 4.13. The molecule has 0 heterocycles. The second kappa shape index (κ2) is 9.83. The van der Waals surface area contributed by atoms with Crippen LogP contribution in [0, 0.1) is 13.8 Å². The topological polar surface area (TPSA) is 58.2 Å². The summed E-state index contributed by atoms with van der Waals surface area (Å²) in [6.07, 6.45) is 0. The minimum absolute atomic E-state index is 0.0456. The molecule has 0 bridgehead atoms. The Bertz CT molecular complexity index is 1050. The number of carbonyl (C=O) groups is 2. The van der Waals surface area contributed by atoms with Crippen LogP contribution in [0.4, 0.5) is 11.4 Å². The van der Waals surface area contributed by atoms with E-state index < -0.39 is 0 Å². The Morgan fingerprint density at radius 1 is 0.900 bits per heavy atom. The molecule has 0 spiro atoms. The summed E-state index contributed by atoms with van der Waals surface area (Å²) in [5.74, 6) is -0.269. The van der Waals surface area contributed by atoms with Crippen LogP contribution >= 0.6 is 23.4 Å². The van der Waals surface area contributed by atoms with Crippen molar-refractivity contribution < 1.29 is 9.59 Å². The molecule has 154 valence electrons. The van der Waals surface area contributed by atoms with Crippen molar-refractivity contribution >= 4 is 46.6 Å². The van der Waals surface area contributed by atoms with Gasteiger partial charge in [0.1, 0.15) is 0 Å². The van der Waals surface area contributed by atoms with Crippen LogP contribution < -0.4 is 10.6 Å². The lowest BCUT2D eigenvalue weighted by Crippen LogP contribution is -2.23. The molecule has 3 aromatic carbocycles. The molecule has 1 unspecified atom stereocenters. The molecule has 2 amide bonds. The van der Waals surface area contributed by atoms with Gasteiger partial charge in [0.05, 0.1) is 5.25 Å². The first-order valence-electron chi connectivity index (χ1n) is 9.54. The number of para-hydroxylation sites is 1. The molecule has 0 radical (unpaired) electrons. The first-order valence-corrected chi connectivity index (χ1v) is 10.8. The molecule has 0 aliphatic heterocycles. The summed E-state index contributed by atoms with van der Waals surface area (Å²) in [6, 6.07) is 20.2. The largest absolute Gasteiger partial charge is 0.325 e. The molecule has 0 aliphatic rings. The Kier molecular flexibility index (Phi) is 7.19. The number of amides is 2. The normalized spacial score (nSPS) is 11.6. The van der Waals surface area contributed by atoms with Gasteiger partial charge in [-0.1, -0.05) is 35.9 Å². The minimum Gasteiger partial charge on any atom is -0.325 e. The van der Waals surface area contributed by atoms with E-state index in [4.69, 9.17) is 11.6 Å². The van der Waals surface area contributed by atoms with Gasteiger partial charge in [0.15, 0.2) is 0 Å². The monoisotopic (exact) mass is 438 g/mol. The highest BCUT2D eigenvalue weighted by Crippen LogP contribution is 2.27. The van der Waals surface area contributed by atoms with Gasteiger partial charge in [-0.2, -0.15) is 0 Å². The lowest BCUT2D eigenvalue weighted by molar-refractivity contribution is -0.115. The third kappa shape index (κ3) is 5.65. The summed E-state index contributed by atoms with van der Waals surface area (Å²) in [4.78, 5) is 25.9.